The summed E-state index contributed by atoms with van der Waals surface area (Å²) < 4.78 is 58.1. The van der Waals surface area contributed by atoms with Gasteiger partial charge in [-0.1, -0.05) is 6.07 Å². The van der Waals surface area contributed by atoms with E-state index >= 15 is 0 Å². The molecule has 1 N–H and O–H groups in total. The fourth-order valence-corrected chi connectivity index (χ4v) is 4.41. The lowest BCUT2D eigenvalue weighted by Crippen LogP contribution is -2.57. The smallest absolute Gasteiger partial charge is 0.387 e. The SMILES string of the molecule is CN=C(NCCc1ccc(OC)c(OC(F)F)c1)N1CCS(=O)(=O)C(C)(C)C1.I. The Bertz CT molecular complexity index is 819. The topological polar surface area (TPSA) is 80.2 Å². The van der Waals surface area contributed by atoms with Gasteiger partial charge in [0, 0.05) is 26.7 Å². The van der Waals surface area contributed by atoms with Crippen molar-refractivity contribution in [3.05, 3.63) is 23.8 Å². The fraction of sp³-hybridized carbons (Fsp3) is 0.611. The molecule has 1 aromatic carbocycles. The highest BCUT2D eigenvalue weighted by Gasteiger charge is 2.40. The summed E-state index contributed by atoms with van der Waals surface area (Å²) in [5.74, 6) is 0.917. The molecule has 2 rings (SSSR count). The van der Waals surface area contributed by atoms with Crippen LogP contribution in [-0.2, 0) is 16.3 Å². The largest absolute Gasteiger partial charge is 0.493 e. The number of guanidine groups is 1. The Labute approximate surface area is 187 Å². The molecule has 0 spiro atoms. The zero-order valence-electron chi connectivity index (χ0n) is 16.9. The number of halogens is 3. The van der Waals surface area contributed by atoms with Crippen molar-refractivity contribution in [1.82, 2.24) is 10.2 Å². The second-order valence-corrected chi connectivity index (χ2v) is 9.83. The Morgan fingerprint density at radius 3 is 2.59 bits per heavy atom. The van der Waals surface area contributed by atoms with E-state index in [0.717, 1.165) is 5.56 Å². The number of sulfone groups is 1. The maximum absolute atomic E-state index is 12.5. The molecule has 0 radical (unpaired) electrons. The van der Waals surface area contributed by atoms with Crippen LogP contribution in [0.15, 0.2) is 23.2 Å². The van der Waals surface area contributed by atoms with E-state index in [0.29, 0.717) is 32.0 Å². The van der Waals surface area contributed by atoms with E-state index in [1.807, 2.05) is 4.90 Å². The highest BCUT2D eigenvalue weighted by atomic mass is 127. The molecule has 11 heteroatoms. The molecule has 0 saturated carbocycles. The second-order valence-electron chi connectivity index (χ2n) is 7.09. The lowest BCUT2D eigenvalue weighted by atomic mass is 10.1. The van der Waals surface area contributed by atoms with Gasteiger partial charge in [-0.3, -0.25) is 4.99 Å². The fourth-order valence-electron chi connectivity index (χ4n) is 3.04. The summed E-state index contributed by atoms with van der Waals surface area (Å²) in [6, 6.07) is 4.88. The number of nitrogens with zero attached hydrogens (tertiary/aromatic N) is 2. The predicted molar refractivity (Wildman–Crippen MR) is 120 cm³/mol. The van der Waals surface area contributed by atoms with Gasteiger partial charge in [0.15, 0.2) is 27.3 Å². The predicted octanol–water partition coefficient (Wildman–Crippen LogP) is 2.54. The zero-order chi connectivity index (χ0) is 20.9. The third-order valence-electron chi connectivity index (χ3n) is 4.70. The maximum Gasteiger partial charge on any atom is 0.387 e. The summed E-state index contributed by atoms with van der Waals surface area (Å²) in [6.45, 7) is 1.72. The minimum absolute atomic E-state index is 0. The summed E-state index contributed by atoms with van der Waals surface area (Å²) in [4.78, 5) is 6.15. The first-order valence-electron chi connectivity index (χ1n) is 8.89. The van der Waals surface area contributed by atoms with E-state index in [2.05, 4.69) is 15.0 Å². The Balaban J connectivity index is 0.00000420. The second kappa shape index (κ2) is 10.6. The first-order valence-corrected chi connectivity index (χ1v) is 10.5. The van der Waals surface area contributed by atoms with Gasteiger partial charge in [0.2, 0.25) is 0 Å². The van der Waals surface area contributed by atoms with Gasteiger partial charge in [-0.05, 0) is 38.0 Å². The van der Waals surface area contributed by atoms with Crippen molar-refractivity contribution in [1.29, 1.82) is 0 Å². The number of nitrogens with one attached hydrogen (secondary N) is 1. The van der Waals surface area contributed by atoms with Crippen LogP contribution >= 0.6 is 24.0 Å². The van der Waals surface area contributed by atoms with E-state index in [1.165, 1.54) is 13.2 Å². The molecule has 1 aromatic rings. The highest BCUT2D eigenvalue weighted by molar-refractivity contribution is 14.0. The summed E-state index contributed by atoms with van der Waals surface area (Å²) in [7, 11) is -0.105. The number of hydrogen-bond donors (Lipinski definition) is 1. The third-order valence-corrected chi connectivity index (χ3v) is 7.23. The van der Waals surface area contributed by atoms with Crippen LogP contribution in [0.4, 0.5) is 8.78 Å². The molecule has 0 bridgehead atoms. The van der Waals surface area contributed by atoms with Gasteiger partial charge in [-0.15, -0.1) is 24.0 Å². The maximum atomic E-state index is 12.5. The van der Waals surface area contributed by atoms with Crippen molar-refractivity contribution in [3.8, 4) is 11.5 Å². The minimum Gasteiger partial charge on any atom is -0.493 e. The first-order chi connectivity index (χ1) is 13.1. The van der Waals surface area contributed by atoms with E-state index in [9.17, 15) is 17.2 Å². The van der Waals surface area contributed by atoms with Gasteiger partial charge in [-0.2, -0.15) is 8.78 Å². The van der Waals surface area contributed by atoms with Crippen molar-refractivity contribution in [2.24, 2.45) is 4.99 Å². The van der Waals surface area contributed by atoms with Gasteiger partial charge in [-0.25, -0.2) is 8.42 Å². The molecule has 0 aromatic heterocycles. The average molecular weight is 547 g/mol. The van der Waals surface area contributed by atoms with Gasteiger partial charge in [0.1, 0.15) is 0 Å². The number of ether oxygens (including phenoxy) is 2. The minimum atomic E-state index is -3.13. The molecule has 1 aliphatic rings. The monoisotopic (exact) mass is 547 g/mol. The molecule has 29 heavy (non-hydrogen) atoms. The normalized spacial score (nSPS) is 18.2. The quantitative estimate of drug-likeness (QED) is 0.335. The van der Waals surface area contributed by atoms with Crippen LogP contribution in [-0.4, -0.2) is 70.2 Å². The molecule has 1 aliphatic heterocycles. The molecular formula is C18H28F2IN3O4S. The highest BCUT2D eigenvalue weighted by Crippen LogP contribution is 2.29. The van der Waals surface area contributed by atoms with Crippen LogP contribution in [0.5, 0.6) is 11.5 Å². The number of alkyl halides is 2. The molecular weight excluding hydrogens is 519 g/mol. The van der Waals surface area contributed by atoms with Crippen LogP contribution in [0.3, 0.4) is 0 Å². The lowest BCUT2D eigenvalue weighted by molar-refractivity contribution is -0.0512. The summed E-state index contributed by atoms with van der Waals surface area (Å²) in [6.07, 6.45) is 0.540. The Morgan fingerprint density at radius 2 is 2.03 bits per heavy atom. The van der Waals surface area contributed by atoms with Crippen molar-refractivity contribution in [2.45, 2.75) is 31.6 Å². The molecule has 1 saturated heterocycles. The summed E-state index contributed by atoms with van der Waals surface area (Å²) in [5, 5.41) is 3.20. The Morgan fingerprint density at radius 1 is 1.34 bits per heavy atom. The Kier molecular flexibility index (Phi) is 9.38. The molecule has 1 heterocycles. The molecule has 0 amide bonds. The van der Waals surface area contributed by atoms with E-state index in [-0.39, 0.29) is 41.2 Å². The van der Waals surface area contributed by atoms with Crippen molar-refractivity contribution in [3.63, 3.8) is 0 Å². The van der Waals surface area contributed by atoms with Crippen LogP contribution in [0.1, 0.15) is 19.4 Å². The van der Waals surface area contributed by atoms with E-state index in [1.54, 1.807) is 33.0 Å². The van der Waals surface area contributed by atoms with Crippen molar-refractivity contribution < 1.29 is 26.7 Å². The lowest BCUT2D eigenvalue weighted by Gasteiger charge is -2.39. The third kappa shape index (κ3) is 6.56. The van der Waals surface area contributed by atoms with Gasteiger partial charge in [0.25, 0.3) is 0 Å². The van der Waals surface area contributed by atoms with E-state index in [4.69, 9.17) is 4.74 Å². The summed E-state index contributed by atoms with van der Waals surface area (Å²) >= 11 is 0. The molecule has 166 valence electrons. The molecule has 0 aliphatic carbocycles. The number of benzene rings is 1. The molecule has 0 atom stereocenters. The number of hydrogen-bond acceptors (Lipinski definition) is 5. The number of rotatable bonds is 6. The van der Waals surface area contributed by atoms with Crippen LogP contribution in [0.2, 0.25) is 0 Å². The van der Waals surface area contributed by atoms with Gasteiger partial charge >= 0.3 is 6.61 Å². The van der Waals surface area contributed by atoms with Gasteiger partial charge in [0.05, 0.1) is 17.6 Å². The molecule has 0 unspecified atom stereocenters. The van der Waals surface area contributed by atoms with Crippen LogP contribution in [0, 0.1) is 0 Å². The van der Waals surface area contributed by atoms with Crippen molar-refractivity contribution in [2.75, 3.05) is 39.5 Å². The standard InChI is InChI=1S/C18H27F2N3O4S.HI/c1-18(2)12-23(9-10-28(18,24)25)17(21-3)22-8-7-13-5-6-14(26-4)15(11-13)27-16(19)20;/h5-6,11,16H,7-10,12H2,1-4H3,(H,21,22);1H. The van der Waals surface area contributed by atoms with E-state index < -0.39 is 21.2 Å². The Hall–Kier alpha value is -1.37. The number of methoxy groups -OCH3 is 1. The zero-order valence-corrected chi connectivity index (χ0v) is 20.1. The van der Waals surface area contributed by atoms with Crippen LogP contribution < -0.4 is 14.8 Å². The molecule has 7 nitrogen and oxygen atoms in total. The van der Waals surface area contributed by atoms with Gasteiger partial charge < -0.3 is 19.7 Å². The van der Waals surface area contributed by atoms with Crippen molar-refractivity contribution >= 4 is 39.8 Å². The molecule has 1 fully saturated rings. The van der Waals surface area contributed by atoms with Crippen LogP contribution in [0.25, 0.3) is 0 Å². The number of aliphatic imine (C=N–C) groups is 1. The summed E-state index contributed by atoms with van der Waals surface area (Å²) in [5.41, 5.74) is 0.793. The average Bonchev–Trinajstić information content (AvgIpc) is 2.61. The first kappa shape index (κ1) is 25.7.